The maximum Gasteiger partial charge on any atom is 0.179 e. The molecular weight excluding hydrogens is 217 g/mol. The van der Waals surface area contributed by atoms with Crippen molar-refractivity contribution in [3.63, 3.8) is 0 Å². The Morgan fingerprint density at radius 1 is 1.47 bits per heavy atom. The maximum atomic E-state index is 13.4. The summed E-state index contributed by atoms with van der Waals surface area (Å²) in [5.41, 5.74) is 0.214. The van der Waals surface area contributed by atoms with Crippen molar-refractivity contribution in [3.05, 3.63) is 35.6 Å². The highest BCUT2D eigenvalue weighted by Crippen LogP contribution is 2.16. The molecule has 0 radical (unpaired) electrons. The van der Waals surface area contributed by atoms with Gasteiger partial charge in [-0.2, -0.15) is 0 Å². The third-order valence-corrected chi connectivity index (χ3v) is 3.28. The maximum absolute atomic E-state index is 13.4. The van der Waals surface area contributed by atoms with Gasteiger partial charge in [-0.3, -0.25) is 9.69 Å². The molecule has 1 aliphatic rings. The predicted molar refractivity (Wildman–Crippen MR) is 65.6 cm³/mol. The molecule has 17 heavy (non-hydrogen) atoms. The largest absolute Gasteiger partial charge is 0.296 e. The first-order valence-corrected chi connectivity index (χ1v) is 6.17. The number of rotatable bonds is 3. The van der Waals surface area contributed by atoms with Crippen molar-refractivity contribution in [1.82, 2.24) is 4.90 Å². The Morgan fingerprint density at radius 3 is 2.94 bits per heavy atom. The van der Waals surface area contributed by atoms with Crippen molar-refractivity contribution in [1.29, 1.82) is 0 Å². The number of ketones is 1. The summed E-state index contributed by atoms with van der Waals surface area (Å²) in [5.74, 6) is 0.108. The van der Waals surface area contributed by atoms with Crippen LogP contribution < -0.4 is 0 Å². The number of halogens is 1. The van der Waals surface area contributed by atoms with Crippen molar-refractivity contribution in [3.8, 4) is 0 Å². The van der Waals surface area contributed by atoms with E-state index in [9.17, 15) is 9.18 Å². The minimum Gasteiger partial charge on any atom is -0.296 e. The zero-order valence-electron chi connectivity index (χ0n) is 10.2. The number of hydrogen-bond acceptors (Lipinski definition) is 2. The number of hydrogen-bond donors (Lipinski definition) is 0. The topological polar surface area (TPSA) is 20.3 Å². The fourth-order valence-electron chi connectivity index (χ4n) is 2.41. The van der Waals surface area contributed by atoms with Crippen molar-refractivity contribution in [2.24, 2.45) is 5.92 Å². The molecule has 92 valence electrons. The Labute approximate surface area is 101 Å². The van der Waals surface area contributed by atoms with Crippen molar-refractivity contribution in [2.45, 2.75) is 19.8 Å². The molecule has 0 N–H and O–H groups in total. The molecule has 3 heteroatoms. The Bertz CT molecular complexity index is 405. The summed E-state index contributed by atoms with van der Waals surface area (Å²) < 4.78 is 13.4. The van der Waals surface area contributed by atoms with Gasteiger partial charge in [-0.25, -0.2) is 4.39 Å². The molecule has 0 bridgehead atoms. The summed E-state index contributed by atoms with van der Waals surface area (Å²) in [6.45, 7) is 4.43. The SMILES string of the molecule is C[C@H]1CCCN(CC(=O)c2ccccc2F)C1. The summed E-state index contributed by atoms with van der Waals surface area (Å²) >= 11 is 0. The summed E-state index contributed by atoms with van der Waals surface area (Å²) in [6, 6.07) is 6.21. The number of carbonyl (C=O) groups is 1. The van der Waals surface area contributed by atoms with Gasteiger partial charge in [0.05, 0.1) is 12.1 Å². The molecule has 0 aliphatic carbocycles. The lowest BCUT2D eigenvalue weighted by molar-refractivity contribution is 0.0889. The van der Waals surface area contributed by atoms with Crippen LogP contribution in [-0.4, -0.2) is 30.3 Å². The summed E-state index contributed by atoms with van der Waals surface area (Å²) in [5, 5.41) is 0. The number of likely N-dealkylation sites (tertiary alicyclic amines) is 1. The Morgan fingerprint density at radius 2 is 2.24 bits per heavy atom. The number of nitrogens with zero attached hydrogens (tertiary/aromatic N) is 1. The van der Waals surface area contributed by atoms with E-state index < -0.39 is 5.82 Å². The summed E-state index contributed by atoms with van der Waals surface area (Å²) in [7, 11) is 0. The average Bonchev–Trinajstić information content (AvgIpc) is 2.29. The highest BCUT2D eigenvalue weighted by Gasteiger charge is 2.20. The van der Waals surface area contributed by atoms with Gasteiger partial charge in [0.15, 0.2) is 5.78 Å². The van der Waals surface area contributed by atoms with Crippen LogP contribution in [0.3, 0.4) is 0 Å². The third kappa shape index (κ3) is 3.13. The van der Waals surface area contributed by atoms with Crippen LogP contribution >= 0.6 is 0 Å². The molecular formula is C14H18FNO. The van der Waals surface area contributed by atoms with E-state index in [-0.39, 0.29) is 11.3 Å². The first-order valence-electron chi connectivity index (χ1n) is 6.17. The van der Waals surface area contributed by atoms with E-state index in [1.165, 1.54) is 12.5 Å². The zero-order valence-corrected chi connectivity index (χ0v) is 10.2. The number of Topliss-reactive ketones (excluding diaryl/α,β-unsaturated/α-hetero) is 1. The minimum absolute atomic E-state index is 0.114. The lowest BCUT2D eigenvalue weighted by atomic mass is 9.99. The van der Waals surface area contributed by atoms with Gasteiger partial charge in [0.1, 0.15) is 5.82 Å². The molecule has 1 heterocycles. The Kier molecular flexibility index (Phi) is 3.89. The van der Waals surface area contributed by atoms with E-state index in [0.717, 1.165) is 19.5 Å². The van der Waals surface area contributed by atoms with Crippen LogP contribution in [-0.2, 0) is 0 Å². The van der Waals surface area contributed by atoms with E-state index in [4.69, 9.17) is 0 Å². The molecule has 1 aliphatic heterocycles. The van der Waals surface area contributed by atoms with Gasteiger partial charge in [-0.15, -0.1) is 0 Å². The second-order valence-electron chi connectivity index (χ2n) is 4.89. The lowest BCUT2D eigenvalue weighted by Gasteiger charge is -2.30. The van der Waals surface area contributed by atoms with E-state index in [0.29, 0.717) is 12.5 Å². The van der Waals surface area contributed by atoms with Crippen LogP contribution in [0.4, 0.5) is 4.39 Å². The molecule has 1 saturated heterocycles. The molecule has 1 aromatic rings. The molecule has 0 amide bonds. The smallest absolute Gasteiger partial charge is 0.179 e. The molecule has 1 aromatic carbocycles. The monoisotopic (exact) mass is 235 g/mol. The van der Waals surface area contributed by atoms with Crippen LogP contribution in [0, 0.1) is 11.7 Å². The molecule has 0 saturated carbocycles. The van der Waals surface area contributed by atoms with E-state index in [1.807, 2.05) is 0 Å². The van der Waals surface area contributed by atoms with Crippen LogP contribution in [0.25, 0.3) is 0 Å². The van der Waals surface area contributed by atoms with Crippen LogP contribution in [0.15, 0.2) is 24.3 Å². The third-order valence-electron chi connectivity index (χ3n) is 3.28. The van der Waals surface area contributed by atoms with Crippen LogP contribution in [0.2, 0.25) is 0 Å². The second kappa shape index (κ2) is 5.41. The second-order valence-corrected chi connectivity index (χ2v) is 4.89. The van der Waals surface area contributed by atoms with Gasteiger partial charge >= 0.3 is 0 Å². The number of carbonyl (C=O) groups excluding carboxylic acids is 1. The van der Waals surface area contributed by atoms with Gasteiger partial charge in [-0.05, 0) is 37.4 Å². The van der Waals surface area contributed by atoms with Crippen molar-refractivity contribution in [2.75, 3.05) is 19.6 Å². The van der Waals surface area contributed by atoms with E-state index in [2.05, 4.69) is 11.8 Å². The standard InChI is InChI=1S/C14H18FNO/c1-11-5-4-8-16(9-11)10-14(17)12-6-2-3-7-13(12)15/h2-3,6-7,11H,4-5,8-10H2,1H3/t11-/m0/s1. The first kappa shape index (κ1) is 12.2. The Hall–Kier alpha value is -1.22. The molecule has 0 spiro atoms. The van der Waals surface area contributed by atoms with Gasteiger partial charge in [0.25, 0.3) is 0 Å². The van der Waals surface area contributed by atoms with E-state index >= 15 is 0 Å². The normalized spacial score (nSPS) is 21.4. The molecule has 2 rings (SSSR count). The fraction of sp³-hybridized carbons (Fsp3) is 0.500. The Balaban J connectivity index is 1.99. The summed E-state index contributed by atoms with van der Waals surface area (Å²) in [4.78, 5) is 14.1. The lowest BCUT2D eigenvalue weighted by Crippen LogP contribution is -2.38. The molecule has 0 aromatic heterocycles. The molecule has 0 unspecified atom stereocenters. The average molecular weight is 235 g/mol. The number of benzene rings is 1. The van der Waals surface area contributed by atoms with Crippen molar-refractivity contribution < 1.29 is 9.18 Å². The summed E-state index contributed by atoms with van der Waals surface area (Å²) in [6.07, 6.45) is 2.36. The van der Waals surface area contributed by atoms with Gasteiger partial charge < -0.3 is 0 Å². The molecule has 1 fully saturated rings. The predicted octanol–water partition coefficient (Wildman–Crippen LogP) is 2.74. The highest BCUT2D eigenvalue weighted by atomic mass is 19.1. The first-order chi connectivity index (χ1) is 8.16. The van der Waals surface area contributed by atoms with Gasteiger partial charge in [0.2, 0.25) is 0 Å². The quantitative estimate of drug-likeness (QED) is 0.751. The van der Waals surface area contributed by atoms with Crippen molar-refractivity contribution >= 4 is 5.78 Å². The molecule has 1 atom stereocenters. The van der Waals surface area contributed by atoms with Gasteiger partial charge in [-0.1, -0.05) is 19.1 Å². The van der Waals surface area contributed by atoms with Gasteiger partial charge in [0, 0.05) is 6.54 Å². The number of piperidine rings is 1. The van der Waals surface area contributed by atoms with Crippen LogP contribution in [0.1, 0.15) is 30.1 Å². The highest BCUT2D eigenvalue weighted by molar-refractivity contribution is 5.97. The zero-order chi connectivity index (χ0) is 12.3. The molecule has 2 nitrogen and oxygen atoms in total. The van der Waals surface area contributed by atoms with Crippen LogP contribution in [0.5, 0.6) is 0 Å². The minimum atomic E-state index is -0.414. The fourth-order valence-corrected chi connectivity index (χ4v) is 2.41. The van der Waals surface area contributed by atoms with E-state index in [1.54, 1.807) is 18.2 Å².